The second kappa shape index (κ2) is 12.3. The van der Waals surface area contributed by atoms with Crippen LogP contribution in [0.3, 0.4) is 0 Å². The molecule has 0 aliphatic carbocycles. The summed E-state index contributed by atoms with van der Waals surface area (Å²) in [6.45, 7) is 4.37. The molecule has 1 atom stereocenters. The number of nitrogens with zero attached hydrogens (tertiary/aromatic N) is 1. The van der Waals surface area contributed by atoms with Gasteiger partial charge in [-0.1, -0.05) is 30.8 Å². The molecular formula is C23H25NO5. The molecule has 0 spiro atoms. The van der Waals surface area contributed by atoms with Crippen molar-refractivity contribution in [3.63, 3.8) is 0 Å². The minimum atomic E-state index is -0.632. The number of carbonyl (C=O) groups is 1. The first-order valence-corrected chi connectivity index (χ1v) is 9.50. The maximum atomic E-state index is 10.9. The fourth-order valence-electron chi connectivity index (χ4n) is 2.76. The lowest BCUT2D eigenvalue weighted by atomic mass is 10.0. The molecule has 2 aromatic carbocycles. The summed E-state index contributed by atoms with van der Waals surface area (Å²) in [6.07, 6.45) is 4.22. The zero-order valence-electron chi connectivity index (χ0n) is 16.3. The molecule has 0 amide bonds. The highest BCUT2D eigenvalue weighted by Gasteiger charge is 2.15. The fourth-order valence-corrected chi connectivity index (χ4v) is 2.76. The first-order valence-electron chi connectivity index (χ1n) is 9.50. The van der Waals surface area contributed by atoms with Crippen LogP contribution in [-0.2, 0) is 14.4 Å². The first-order chi connectivity index (χ1) is 14.2. The zero-order chi connectivity index (χ0) is 20.9. The maximum Gasteiger partial charge on any atom is 0.330 e. The lowest BCUT2D eigenvalue weighted by Gasteiger charge is -2.15. The monoisotopic (exact) mass is 395 g/mol. The Hall–Kier alpha value is -3.14. The fraction of sp³-hybridized carbons (Fsp3) is 0.304. The van der Waals surface area contributed by atoms with E-state index in [9.17, 15) is 10.1 Å². The summed E-state index contributed by atoms with van der Waals surface area (Å²) < 4.78 is 10.7. The summed E-state index contributed by atoms with van der Waals surface area (Å²) in [6, 6.07) is 16.3. The second-order valence-corrected chi connectivity index (χ2v) is 6.42. The van der Waals surface area contributed by atoms with Gasteiger partial charge in [-0.25, -0.2) is 9.68 Å². The second-order valence-electron chi connectivity index (χ2n) is 6.42. The van der Waals surface area contributed by atoms with E-state index in [1.807, 2.05) is 24.3 Å². The standard InChI is InChI=1S/C23H25NO5/c1-2-22(25)28-16-6-4-3-5-15-27-21-13-11-20(12-14-21)23(29-26)19-9-7-18(17-24)8-10-19/h2,7-14,23,26H,1,3-6,15-16H2. The Bertz CT molecular complexity index is 809. The largest absolute Gasteiger partial charge is 0.494 e. The first kappa shape index (κ1) is 22.2. The van der Waals surface area contributed by atoms with Crippen molar-refractivity contribution >= 4 is 5.97 Å². The van der Waals surface area contributed by atoms with E-state index in [4.69, 9.17) is 14.7 Å². The van der Waals surface area contributed by atoms with Gasteiger partial charge in [-0.15, -0.1) is 0 Å². The minimum absolute atomic E-state index is 0.384. The number of rotatable bonds is 12. The summed E-state index contributed by atoms with van der Waals surface area (Å²) in [5, 5.41) is 18.2. The van der Waals surface area contributed by atoms with Crippen molar-refractivity contribution in [2.24, 2.45) is 0 Å². The van der Waals surface area contributed by atoms with Crippen molar-refractivity contribution in [2.75, 3.05) is 13.2 Å². The third-order valence-corrected chi connectivity index (χ3v) is 4.35. The van der Waals surface area contributed by atoms with Crippen molar-refractivity contribution in [2.45, 2.75) is 31.8 Å². The lowest BCUT2D eigenvalue weighted by molar-refractivity contribution is -0.270. The van der Waals surface area contributed by atoms with E-state index < -0.39 is 6.10 Å². The maximum absolute atomic E-state index is 10.9. The van der Waals surface area contributed by atoms with Gasteiger partial charge < -0.3 is 9.47 Å². The molecular weight excluding hydrogens is 370 g/mol. The smallest absolute Gasteiger partial charge is 0.330 e. The van der Waals surface area contributed by atoms with Gasteiger partial charge in [0.2, 0.25) is 0 Å². The molecule has 0 fully saturated rings. The van der Waals surface area contributed by atoms with Gasteiger partial charge in [0, 0.05) is 6.08 Å². The Morgan fingerprint density at radius 3 is 2.14 bits per heavy atom. The predicted octanol–water partition coefficient (Wildman–Crippen LogP) is 4.81. The van der Waals surface area contributed by atoms with Gasteiger partial charge in [0.1, 0.15) is 11.9 Å². The molecule has 0 saturated carbocycles. The van der Waals surface area contributed by atoms with Crippen LogP contribution in [-0.4, -0.2) is 24.4 Å². The van der Waals surface area contributed by atoms with Crippen LogP contribution in [0.25, 0.3) is 0 Å². The summed E-state index contributed by atoms with van der Waals surface area (Å²) in [4.78, 5) is 15.5. The van der Waals surface area contributed by atoms with Crippen molar-refractivity contribution in [1.82, 2.24) is 0 Å². The highest BCUT2D eigenvalue weighted by atomic mass is 17.1. The number of ether oxygens (including phenoxy) is 2. The Morgan fingerprint density at radius 1 is 1.00 bits per heavy atom. The van der Waals surface area contributed by atoms with Crippen LogP contribution in [0.15, 0.2) is 61.2 Å². The van der Waals surface area contributed by atoms with Crippen LogP contribution in [0.5, 0.6) is 5.75 Å². The Kier molecular flexibility index (Phi) is 9.43. The number of hydrogen-bond donors (Lipinski definition) is 1. The van der Waals surface area contributed by atoms with Crippen LogP contribution in [0, 0.1) is 11.3 Å². The van der Waals surface area contributed by atoms with Crippen LogP contribution < -0.4 is 4.74 Å². The zero-order valence-corrected chi connectivity index (χ0v) is 16.3. The minimum Gasteiger partial charge on any atom is -0.494 e. The summed E-state index contributed by atoms with van der Waals surface area (Å²) in [7, 11) is 0. The molecule has 152 valence electrons. The molecule has 1 N–H and O–H groups in total. The van der Waals surface area contributed by atoms with Gasteiger partial charge >= 0.3 is 5.97 Å². The predicted molar refractivity (Wildman–Crippen MR) is 108 cm³/mol. The van der Waals surface area contributed by atoms with Gasteiger partial charge in [0.15, 0.2) is 0 Å². The van der Waals surface area contributed by atoms with Gasteiger partial charge in [0.25, 0.3) is 0 Å². The number of nitriles is 1. The van der Waals surface area contributed by atoms with E-state index in [1.165, 1.54) is 6.08 Å². The molecule has 0 saturated heterocycles. The van der Waals surface area contributed by atoms with Gasteiger partial charge in [-0.3, -0.25) is 5.26 Å². The number of unbranched alkanes of at least 4 members (excludes halogenated alkanes) is 3. The molecule has 0 radical (unpaired) electrons. The lowest BCUT2D eigenvalue weighted by Crippen LogP contribution is -2.04. The molecule has 0 aromatic heterocycles. The molecule has 2 aromatic rings. The van der Waals surface area contributed by atoms with Gasteiger partial charge in [0.05, 0.1) is 24.8 Å². The Balaban J connectivity index is 1.74. The van der Waals surface area contributed by atoms with Crippen molar-refractivity contribution in [3.8, 4) is 11.8 Å². The third kappa shape index (κ3) is 7.41. The van der Waals surface area contributed by atoms with E-state index in [1.54, 1.807) is 24.3 Å². The highest BCUT2D eigenvalue weighted by molar-refractivity contribution is 5.81. The summed E-state index contributed by atoms with van der Waals surface area (Å²) >= 11 is 0. The molecule has 0 bridgehead atoms. The van der Waals surface area contributed by atoms with Crippen LogP contribution >= 0.6 is 0 Å². The number of esters is 1. The van der Waals surface area contributed by atoms with E-state index in [-0.39, 0.29) is 5.97 Å². The SMILES string of the molecule is C=CC(=O)OCCCCCCOc1ccc(C(OO)c2ccc(C#N)cc2)cc1. The molecule has 0 heterocycles. The molecule has 29 heavy (non-hydrogen) atoms. The van der Waals surface area contributed by atoms with Gasteiger partial charge in [-0.2, -0.15) is 5.26 Å². The van der Waals surface area contributed by atoms with Crippen LogP contribution in [0.1, 0.15) is 48.5 Å². The average molecular weight is 395 g/mol. The Labute approximate surface area is 170 Å². The van der Waals surface area contributed by atoms with E-state index in [2.05, 4.69) is 17.5 Å². The van der Waals surface area contributed by atoms with E-state index in [0.29, 0.717) is 18.8 Å². The molecule has 0 aliphatic heterocycles. The van der Waals surface area contributed by atoms with E-state index >= 15 is 0 Å². The van der Waals surface area contributed by atoms with E-state index in [0.717, 1.165) is 42.6 Å². The normalized spacial score (nSPS) is 11.3. The average Bonchev–Trinajstić information content (AvgIpc) is 2.77. The topological polar surface area (TPSA) is 88.8 Å². The molecule has 6 heteroatoms. The summed E-state index contributed by atoms with van der Waals surface area (Å²) in [5.41, 5.74) is 2.07. The molecule has 0 aliphatic rings. The Morgan fingerprint density at radius 2 is 1.59 bits per heavy atom. The number of hydrogen-bond acceptors (Lipinski definition) is 6. The van der Waals surface area contributed by atoms with Crippen LogP contribution in [0.2, 0.25) is 0 Å². The molecule has 6 nitrogen and oxygen atoms in total. The summed E-state index contributed by atoms with van der Waals surface area (Å²) in [5.74, 6) is 0.356. The number of benzene rings is 2. The number of carbonyl (C=O) groups excluding carboxylic acids is 1. The van der Waals surface area contributed by atoms with Crippen LogP contribution in [0.4, 0.5) is 0 Å². The third-order valence-electron chi connectivity index (χ3n) is 4.35. The molecule has 2 rings (SSSR count). The van der Waals surface area contributed by atoms with Crippen molar-refractivity contribution in [3.05, 3.63) is 77.9 Å². The van der Waals surface area contributed by atoms with Crippen molar-refractivity contribution in [1.29, 1.82) is 5.26 Å². The van der Waals surface area contributed by atoms with Gasteiger partial charge in [-0.05, 0) is 61.1 Å². The van der Waals surface area contributed by atoms with Crippen molar-refractivity contribution < 1.29 is 24.4 Å². The highest BCUT2D eigenvalue weighted by Crippen LogP contribution is 2.27. The quantitative estimate of drug-likeness (QED) is 0.182. The molecule has 1 unspecified atom stereocenters.